The number of esters is 1. The maximum absolute atomic E-state index is 11.4. The third-order valence-electron chi connectivity index (χ3n) is 1.99. The summed E-state index contributed by atoms with van der Waals surface area (Å²) in [5, 5.41) is 0. The van der Waals surface area contributed by atoms with E-state index in [1.54, 1.807) is 19.1 Å². The van der Waals surface area contributed by atoms with Crippen LogP contribution in [-0.4, -0.2) is 31.9 Å². The molecule has 4 heteroatoms. The Morgan fingerprint density at radius 2 is 2.00 bits per heavy atom. The van der Waals surface area contributed by atoms with Crippen molar-refractivity contribution < 1.29 is 19.0 Å². The van der Waals surface area contributed by atoms with E-state index in [1.165, 1.54) is 0 Å². The lowest BCUT2D eigenvalue weighted by molar-refractivity contribution is -0.153. The van der Waals surface area contributed by atoms with E-state index in [4.69, 9.17) is 14.2 Å². The van der Waals surface area contributed by atoms with E-state index in [0.717, 1.165) is 0 Å². The number of ether oxygens (including phenoxy) is 3. The van der Waals surface area contributed by atoms with Gasteiger partial charge in [0.25, 0.3) is 0 Å². The van der Waals surface area contributed by atoms with Crippen molar-refractivity contribution in [1.29, 1.82) is 0 Å². The molecule has 0 aliphatic carbocycles. The Morgan fingerprint density at radius 3 is 2.65 bits per heavy atom. The molecule has 1 aromatic carbocycles. The monoisotopic (exact) mass is 238 g/mol. The predicted molar refractivity (Wildman–Crippen MR) is 64.0 cm³/mol. The lowest BCUT2D eigenvalue weighted by Crippen LogP contribution is -2.24. The first-order chi connectivity index (χ1) is 8.22. The summed E-state index contributed by atoms with van der Waals surface area (Å²) in [7, 11) is 0. The maximum atomic E-state index is 11.4. The molecule has 94 valence electrons. The Balaban J connectivity index is 2.21. The smallest absolute Gasteiger partial charge is 0.344 e. The second kappa shape index (κ2) is 7.68. The first-order valence-corrected chi connectivity index (χ1v) is 5.67. The highest BCUT2D eigenvalue weighted by atomic mass is 16.6. The minimum Gasteiger partial charge on any atom is -0.482 e. The van der Waals surface area contributed by atoms with Crippen LogP contribution in [0.15, 0.2) is 30.3 Å². The molecule has 0 bridgehead atoms. The van der Waals surface area contributed by atoms with Crippen LogP contribution in [0.25, 0.3) is 0 Å². The van der Waals surface area contributed by atoms with E-state index in [1.807, 2.05) is 25.1 Å². The highest BCUT2D eigenvalue weighted by Crippen LogP contribution is 2.08. The fraction of sp³-hybridized carbons (Fsp3) is 0.462. The van der Waals surface area contributed by atoms with Gasteiger partial charge < -0.3 is 14.2 Å². The molecule has 0 radical (unpaired) electrons. The number of benzene rings is 1. The summed E-state index contributed by atoms with van der Waals surface area (Å²) in [6, 6.07) is 9.15. The van der Waals surface area contributed by atoms with Crippen molar-refractivity contribution in [2.45, 2.75) is 20.0 Å². The molecule has 0 aromatic heterocycles. The summed E-state index contributed by atoms with van der Waals surface area (Å²) in [6.45, 7) is 4.62. The van der Waals surface area contributed by atoms with E-state index in [-0.39, 0.29) is 18.7 Å². The summed E-state index contributed by atoms with van der Waals surface area (Å²) in [4.78, 5) is 11.4. The van der Waals surface area contributed by atoms with Crippen LogP contribution in [0.2, 0.25) is 0 Å². The van der Waals surface area contributed by atoms with Gasteiger partial charge >= 0.3 is 5.97 Å². The molecule has 0 aliphatic rings. The number of carbonyl (C=O) groups excluding carboxylic acids is 1. The number of hydrogen-bond acceptors (Lipinski definition) is 4. The number of hydrogen-bond donors (Lipinski definition) is 0. The quantitative estimate of drug-likeness (QED) is 0.682. The molecule has 0 N–H and O–H groups in total. The zero-order valence-corrected chi connectivity index (χ0v) is 10.2. The predicted octanol–water partition coefficient (Wildman–Crippen LogP) is 2.03. The standard InChI is InChI=1S/C13H18O4/c1-3-15-9-11(2)17-13(14)10-16-12-7-5-4-6-8-12/h4-8,11H,3,9-10H2,1-2H3. The molecule has 4 nitrogen and oxygen atoms in total. The van der Waals surface area contributed by atoms with Crippen LogP contribution < -0.4 is 4.74 Å². The highest BCUT2D eigenvalue weighted by Gasteiger charge is 2.09. The second-order valence-corrected chi connectivity index (χ2v) is 3.56. The molecule has 1 rings (SSSR count). The SMILES string of the molecule is CCOCC(C)OC(=O)COc1ccccc1. The van der Waals surface area contributed by atoms with Gasteiger partial charge in [0.1, 0.15) is 11.9 Å². The van der Waals surface area contributed by atoms with Crippen LogP contribution >= 0.6 is 0 Å². The Kier molecular flexibility index (Phi) is 6.10. The van der Waals surface area contributed by atoms with Crippen LogP contribution in [-0.2, 0) is 14.3 Å². The van der Waals surface area contributed by atoms with E-state index in [0.29, 0.717) is 19.0 Å². The molecule has 17 heavy (non-hydrogen) atoms. The van der Waals surface area contributed by atoms with Gasteiger partial charge in [0, 0.05) is 6.61 Å². The van der Waals surface area contributed by atoms with Crippen LogP contribution in [0.5, 0.6) is 5.75 Å². The maximum Gasteiger partial charge on any atom is 0.344 e. The van der Waals surface area contributed by atoms with Gasteiger partial charge in [0.15, 0.2) is 6.61 Å². The minimum atomic E-state index is -0.388. The third-order valence-corrected chi connectivity index (χ3v) is 1.99. The lowest BCUT2D eigenvalue weighted by atomic mass is 10.3. The van der Waals surface area contributed by atoms with Crippen LogP contribution in [0.3, 0.4) is 0 Å². The Hall–Kier alpha value is -1.55. The van der Waals surface area contributed by atoms with E-state index < -0.39 is 0 Å². The average Bonchev–Trinajstić information content (AvgIpc) is 2.35. The Morgan fingerprint density at radius 1 is 1.29 bits per heavy atom. The molecule has 0 spiro atoms. The summed E-state index contributed by atoms with van der Waals surface area (Å²) >= 11 is 0. The minimum absolute atomic E-state index is 0.0829. The van der Waals surface area contributed by atoms with Crippen molar-refractivity contribution in [2.75, 3.05) is 19.8 Å². The molecule has 0 saturated heterocycles. The largest absolute Gasteiger partial charge is 0.482 e. The second-order valence-electron chi connectivity index (χ2n) is 3.56. The first kappa shape index (κ1) is 13.5. The van der Waals surface area contributed by atoms with Gasteiger partial charge in [-0.2, -0.15) is 0 Å². The number of para-hydroxylation sites is 1. The van der Waals surface area contributed by atoms with Crippen molar-refractivity contribution in [3.05, 3.63) is 30.3 Å². The van der Waals surface area contributed by atoms with Gasteiger partial charge in [-0.05, 0) is 26.0 Å². The van der Waals surface area contributed by atoms with Gasteiger partial charge in [0.05, 0.1) is 6.61 Å². The molecule has 1 atom stereocenters. The Labute approximate surface area is 101 Å². The number of carbonyl (C=O) groups is 1. The Bertz CT molecular complexity index is 323. The van der Waals surface area contributed by atoms with Crippen molar-refractivity contribution in [1.82, 2.24) is 0 Å². The highest BCUT2D eigenvalue weighted by molar-refractivity contribution is 5.71. The summed E-state index contributed by atoms with van der Waals surface area (Å²) in [5.41, 5.74) is 0. The van der Waals surface area contributed by atoms with Gasteiger partial charge in [-0.3, -0.25) is 0 Å². The first-order valence-electron chi connectivity index (χ1n) is 5.67. The molecule has 0 aliphatic heterocycles. The lowest BCUT2D eigenvalue weighted by Gasteiger charge is -2.13. The molecule has 0 saturated carbocycles. The molecule has 1 unspecified atom stereocenters. The topological polar surface area (TPSA) is 44.8 Å². The van der Waals surface area contributed by atoms with E-state index in [9.17, 15) is 4.79 Å². The fourth-order valence-corrected chi connectivity index (χ4v) is 1.24. The normalized spacial score (nSPS) is 11.9. The number of rotatable bonds is 7. The zero-order valence-electron chi connectivity index (χ0n) is 10.2. The van der Waals surface area contributed by atoms with Crippen molar-refractivity contribution >= 4 is 5.97 Å². The van der Waals surface area contributed by atoms with Gasteiger partial charge in [-0.15, -0.1) is 0 Å². The van der Waals surface area contributed by atoms with Crippen LogP contribution in [0.4, 0.5) is 0 Å². The van der Waals surface area contributed by atoms with Crippen LogP contribution in [0.1, 0.15) is 13.8 Å². The molecule has 0 fully saturated rings. The summed E-state index contributed by atoms with van der Waals surface area (Å²) in [5.74, 6) is 0.267. The average molecular weight is 238 g/mol. The van der Waals surface area contributed by atoms with Gasteiger partial charge in [-0.1, -0.05) is 18.2 Å². The molecular weight excluding hydrogens is 220 g/mol. The molecular formula is C13H18O4. The fourth-order valence-electron chi connectivity index (χ4n) is 1.24. The summed E-state index contributed by atoms with van der Waals surface area (Å²) in [6.07, 6.45) is -0.248. The van der Waals surface area contributed by atoms with Gasteiger partial charge in [-0.25, -0.2) is 4.79 Å². The van der Waals surface area contributed by atoms with E-state index in [2.05, 4.69) is 0 Å². The van der Waals surface area contributed by atoms with Crippen molar-refractivity contribution in [3.63, 3.8) is 0 Å². The summed E-state index contributed by atoms with van der Waals surface area (Å²) < 4.78 is 15.5. The van der Waals surface area contributed by atoms with Crippen molar-refractivity contribution in [3.8, 4) is 5.75 Å². The molecule has 1 aromatic rings. The van der Waals surface area contributed by atoms with Gasteiger partial charge in [0.2, 0.25) is 0 Å². The third kappa shape index (κ3) is 5.92. The van der Waals surface area contributed by atoms with Crippen LogP contribution in [0, 0.1) is 0 Å². The molecule has 0 heterocycles. The van der Waals surface area contributed by atoms with Crippen molar-refractivity contribution in [2.24, 2.45) is 0 Å². The van der Waals surface area contributed by atoms with E-state index >= 15 is 0 Å². The zero-order chi connectivity index (χ0) is 12.5. The molecule has 0 amide bonds.